The van der Waals surface area contributed by atoms with Gasteiger partial charge in [0, 0.05) is 11.6 Å². The topological polar surface area (TPSA) is 58.6 Å². The molecule has 0 unspecified atom stereocenters. The number of hydrogen-bond donors (Lipinski definition) is 0. The van der Waals surface area contributed by atoms with Crippen LogP contribution in [0.3, 0.4) is 0 Å². The predicted molar refractivity (Wildman–Crippen MR) is 53.5 cm³/mol. The van der Waals surface area contributed by atoms with E-state index in [4.69, 9.17) is 4.74 Å². The maximum atomic E-state index is 12.0. The fraction of sp³-hybridized carbons (Fsp3) is 0.364. The predicted octanol–water partition coefficient (Wildman–Crippen LogP) is 1.39. The monoisotopic (exact) mass is 263 g/mol. The van der Waals surface area contributed by atoms with Crippen LogP contribution in [-0.2, 0) is 0 Å². The molecule has 0 atom stereocenters. The third-order valence-corrected chi connectivity index (χ3v) is 1.83. The molecule has 0 fully saturated rings. The van der Waals surface area contributed by atoms with Crippen LogP contribution in [0.4, 0.5) is 13.2 Å². The van der Waals surface area contributed by atoms with Gasteiger partial charge in [0.2, 0.25) is 0 Å². The summed E-state index contributed by atoms with van der Waals surface area (Å²) in [6.07, 6.45) is -4.50. The molecule has 7 heteroatoms. The number of carboxylic acids is 1. The van der Waals surface area contributed by atoms with Gasteiger partial charge in [-0.1, -0.05) is 0 Å². The average Bonchev–Trinajstić information content (AvgIpc) is 2.25. The number of ether oxygens (including phenoxy) is 2. The maximum absolute atomic E-state index is 12.0. The van der Waals surface area contributed by atoms with Gasteiger partial charge in [0.25, 0.3) is 0 Å². The Balaban J connectivity index is 2.92. The van der Waals surface area contributed by atoms with Crippen LogP contribution in [0.5, 0.6) is 11.5 Å². The molecule has 0 bridgehead atoms. The summed E-state index contributed by atoms with van der Waals surface area (Å²) in [5.74, 6) is -1.65. The van der Waals surface area contributed by atoms with E-state index in [1.165, 1.54) is 6.07 Å². The molecule has 0 aliphatic heterocycles. The van der Waals surface area contributed by atoms with Crippen molar-refractivity contribution in [2.45, 2.75) is 13.1 Å². The van der Waals surface area contributed by atoms with E-state index in [0.29, 0.717) is 0 Å². The summed E-state index contributed by atoms with van der Waals surface area (Å²) in [6, 6.07) is 3.28. The summed E-state index contributed by atoms with van der Waals surface area (Å²) in [5.41, 5.74) is -0.307. The molecule has 4 nitrogen and oxygen atoms in total. The normalized spacial score (nSPS) is 11.1. The van der Waals surface area contributed by atoms with Crippen molar-refractivity contribution < 1.29 is 32.5 Å². The zero-order valence-electron chi connectivity index (χ0n) is 9.41. The second kappa shape index (κ2) is 5.61. The van der Waals surface area contributed by atoms with E-state index in [9.17, 15) is 23.1 Å². The standard InChI is InChI=1S/C11H11F3O4/c1-2-17-8-3-7(10(15)16)4-9(5-8)18-6-11(12,13)14/h3-5H,2,6H2,1H3,(H,15,16)/p-1. The lowest BCUT2D eigenvalue weighted by atomic mass is 10.2. The highest BCUT2D eigenvalue weighted by atomic mass is 19.4. The average molecular weight is 263 g/mol. The minimum absolute atomic E-state index is 0.108. The molecule has 1 aromatic carbocycles. The second-order valence-corrected chi connectivity index (χ2v) is 3.32. The fourth-order valence-corrected chi connectivity index (χ4v) is 1.19. The largest absolute Gasteiger partial charge is 0.545 e. The summed E-state index contributed by atoms with van der Waals surface area (Å²) < 4.78 is 45.4. The number of carbonyl (C=O) groups excluding carboxylic acids is 1. The Morgan fingerprint density at radius 1 is 1.22 bits per heavy atom. The first-order chi connectivity index (χ1) is 8.31. The van der Waals surface area contributed by atoms with Crippen molar-refractivity contribution in [3.63, 3.8) is 0 Å². The van der Waals surface area contributed by atoms with Gasteiger partial charge in [-0.2, -0.15) is 13.2 Å². The van der Waals surface area contributed by atoms with Crippen molar-refractivity contribution in [3.05, 3.63) is 23.8 Å². The summed E-state index contributed by atoms with van der Waals surface area (Å²) in [4.78, 5) is 10.7. The van der Waals surface area contributed by atoms with E-state index < -0.39 is 18.8 Å². The molecule has 0 aliphatic rings. The Bertz CT molecular complexity index is 429. The summed E-state index contributed by atoms with van der Waals surface area (Å²) >= 11 is 0. The molecule has 100 valence electrons. The van der Waals surface area contributed by atoms with Crippen molar-refractivity contribution in [1.29, 1.82) is 0 Å². The summed E-state index contributed by atoms with van der Waals surface area (Å²) in [5, 5.41) is 10.7. The number of benzene rings is 1. The van der Waals surface area contributed by atoms with Crippen molar-refractivity contribution in [3.8, 4) is 11.5 Å². The molecule has 0 radical (unpaired) electrons. The van der Waals surface area contributed by atoms with E-state index >= 15 is 0 Å². The zero-order valence-corrected chi connectivity index (χ0v) is 9.41. The van der Waals surface area contributed by atoms with Gasteiger partial charge >= 0.3 is 6.18 Å². The number of alkyl halides is 3. The molecule has 0 aromatic heterocycles. The van der Waals surface area contributed by atoms with Crippen LogP contribution >= 0.6 is 0 Å². The highest BCUT2D eigenvalue weighted by molar-refractivity contribution is 5.86. The molecule has 0 amide bonds. The van der Waals surface area contributed by atoms with Crippen molar-refractivity contribution in [2.75, 3.05) is 13.2 Å². The lowest BCUT2D eigenvalue weighted by Gasteiger charge is -2.13. The molecule has 0 saturated carbocycles. The Labute approximate surface area is 101 Å². The molecule has 1 rings (SSSR count). The SMILES string of the molecule is CCOc1cc(OCC(F)(F)F)cc(C(=O)[O-])c1. The molecule has 0 saturated heterocycles. The first-order valence-corrected chi connectivity index (χ1v) is 5.00. The second-order valence-electron chi connectivity index (χ2n) is 3.32. The highest BCUT2D eigenvalue weighted by Gasteiger charge is 2.28. The third-order valence-electron chi connectivity index (χ3n) is 1.83. The van der Waals surface area contributed by atoms with Gasteiger partial charge in [0.15, 0.2) is 6.61 Å². The van der Waals surface area contributed by atoms with Gasteiger partial charge in [-0.05, 0) is 19.1 Å². The number of halogens is 3. The minimum Gasteiger partial charge on any atom is -0.545 e. The van der Waals surface area contributed by atoms with Crippen molar-refractivity contribution >= 4 is 5.97 Å². The number of carboxylic acid groups (broad SMARTS) is 1. The summed E-state index contributed by atoms with van der Waals surface area (Å²) in [6.45, 7) is 0.395. The third kappa shape index (κ3) is 4.52. The van der Waals surface area contributed by atoms with Crippen LogP contribution in [0.1, 0.15) is 17.3 Å². The Kier molecular flexibility index (Phi) is 4.41. The maximum Gasteiger partial charge on any atom is 0.422 e. The van der Waals surface area contributed by atoms with Gasteiger partial charge < -0.3 is 19.4 Å². The van der Waals surface area contributed by atoms with E-state index in [-0.39, 0.29) is 23.7 Å². The van der Waals surface area contributed by atoms with Crippen LogP contribution in [0.15, 0.2) is 18.2 Å². The number of hydrogen-bond acceptors (Lipinski definition) is 4. The molecular formula is C11H10F3O4-. The molecule has 0 heterocycles. The quantitative estimate of drug-likeness (QED) is 0.805. The Morgan fingerprint density at radius 3 is 2.22 bits per heavy atom. The van der Waals surface area contributed by atoms with Crippen molar-refractivity contribution in [2.24, 2.45) is 0 Å². The van der Waals surface area contributed by atoms with Gasteiger partial charge in [-0.3, -0.25) is 0 Å². The van der Waals surface area contributed by atoms with Crippen LogP contribution in [0.2, 0.25) is 0 Å². The lowest BCUT2D eigenvalue weighted by molar-refractivity contribution is -0.255. The van der Waals surface area contributed by atoms with Crippen LogP contribution < -0.4 is 14.6 Å². The molecule has 0 spiro atoms. The number of carbonyl (C=O) groups is 1. The molecule has 0 aliphatic carbocycles. The first kappa shape index (κ1) is 14.1. The Morgan fingerprint density at radius 2 is 1.78 bits per heavy atom. The van der Waals surface area contributed by atoms with E-state index in [1.807, 2.05) is 0 Å². The zero-order chi connectivity index (χ0) is 13.8. The van der Waals surface area contributed by atoms with E-state index in [2.05, 4.69) is 4.74 Å². The van der Waals surface area contributed by atoms with Crippen LogP contribution in [0.25, 0.3) is 0 Å². The van der Waals surface area contributed by atoms with E-state index in [0.717, 1.165) is 12.1 Å². The summed E-state index contributed by atoms with van der Waals surface area (Å²) in [7, 11) is 0. The molecule has 0 N–H and O–H groups in total. The Hall–Kier alpha value is -1.92. The molecule has 18 heavy (non-hydrogen) atoms. The number of aromatic carboxylic acids is 1. The van der Waals surface area contributed by atoms with Crippen LogP contribution in [0, 0.1) is 0 Å². The highest BCUT2D eigenvalue weighted by Crippen LogP contribution is 2.25. The fourth-order valence-electron chi connectivity index (χ4n) is 1.19. The van der Waals surface area contributed by atoms with E-state index in [1.54, 1.807) is 6.92 Å². The molecule has 1 aromatic rings. The van der Waals surface area contributed by atoms with Crippen LogP contribution in [-0.4, -0.2) is 25.4 Å². The smallest absolute Gasteiger partial charge is 0.422 e. The first-order valence-electron chi connectivity index (χ1n) is 5.00. The minimum atomic E-state index is -4.50. The van der Waals surface area contributed by atoms with Crippen molar-refractivity contribution in [1.82, 2.24) is 0 Å². The van der Waals surface area contributed by atoms with Gasteiger partial charge in [-0.15, -0.1) is 0 Å². The lowest BCUT2D eigenvalue weighted by Crippen LogP contribution is -2.23. The van der Waals surface area contributed by atoms with Gasteiger partial charge in [-0.25, -0.2) is 0 Å². The van der Waals surface area contributed by atoms with Gasteiger partial charge in [0.05, 0.1) is 12.6 Å². The number of rotatable bonds is 5. The van der Waals surface area contributed by atoms with Gasteiger partial charge in [0.1, 0.15) is 11.5 Å². The molecular weight excluding hydrogens is 253 g/mol.